The molecule has 1 saturated heterocycles. The summed E-state index contributed by atoms with van der Waals surface area (Å²) in [6.07, 6.45) is 2.24. The van der Waals surface area contributed by atoms with E-state index in [0.29, 0.717) is 25.3 Å². The van der Waals surface area contributed by atoms with Crippen LogP contribution in [0.1, 0.15) is 13.3 Å². The summed E-state index contributed by atoms with van der Waals surface area (Å²) in [5, 5.41) is 10.9. The van der Waals surface area contributed by atoms with Gasteiger partial charge in [-0.1, -0.05) is 6.92 Å². The van der Waals surface area contributed by atoms with E-state index in [-0.39, 0.29) is 22.7 Å². The summed E-state index contributed by atoms with van der Waals surface area (Å²) >= 11 is 0. The van der Waals surface area contributed by atoms with Crippen LogP contribution in [0, 0.1) is 5.41 Å². The molecule has 0 spiro atoms. The quantitative estimate of drug-likeness (QED) is 0.850. The zero-order chi connectivity index (χ0) is 15.8. The molecule has 1 aliphatic heterocycles. The normalized spacial score (nSPS) is 22.0. The molecule has 1 aliphatic rings. The summed E-state index contributed by atoms with van der Waals surface area (Å²) in [4.78, 5) is 0.269. The molecule has 2 N–H and O–H groups in total. The molecule has 1 unspecified atom stereocenters. The number of rotatable bonds is 4. The Morgan fingerprint density at radius 2 is 2.00 bits per heavy atom. The molecule has 1 fully saturated rings. The highest BCUT2D eigenvalue weighted by Crippen LogP contribution is 2.32. The zero-order valence-electron chi connectivity index (χ0n) is 12.7. The molecule has 1 atom stereocenters. The third-order valence-electron chi connectivity index (χ3n) is 4.10. The highest BCUT2D eigenvalue weighted by atomic mass is 35.5. The molecule has 10 heteroatoms. The minimum Gasteiger partial charge on any atom is -0.330 e. The van der Waals surface area contributed by atoms with Crippen molar-refractivity contribution in [3.05, 3.63) is 30.6 Å². The average molecular weight is 359 g/mol. The number of hydrogen-bond acceptors (Lipinski definition) is 6. The van der Waals surface area contributed by atoms with Crippen LogP contribution < -0.4 is 5.73 Å². The Morgan fingerprint density at radius 3 is 2.52 bits per heavy atom. The highest BCUT2D eigenvalue weighted by molar-refractivity contribution is 7.89. The second-order valence-corrected chi connectivity index (χ2v) is 7.79. The first-order chi connectivity index (χ1) is 10.4. The van der Waals surface area contributed by atoms with Crippen molar-refractivity contribution in [2.24, 2.45) is 11.1 Å². The number of halogens is 1. The van der Waals surface area contributed by atoms with Gasteiger partial charge in [-0.2, -0.15) is 4.31 Å². The van der Waals surface area contributed by atoms with Gasteiger partial charge < -0.3 is 5.73 Å². The topological polar surface area (TPSA) is 107 Å². The summed E-state index contributed by atoms with van der Waals surface area (Å²) in [5.74, 6) is 0. The van der Waals surface area contributed by atoms with Crippen LogP contribution >= 0.6 is 12.4 Å². The minimum absolute atomic E-state index is 0. The zero-order valence-corrected chi connectivity index (χ0v) is 14.3. The lowest BCUT2D eigenvalue weighted by Gasteiger charge is -2.22. The molecule has 0 aliphatic carbocycles. The van der Waals surface area contributed by atoms with Crippen molar-refractivity contribution in [2.45, 2.75) is 18.2 Å². The Bertz CT molecular complexity index is 749. The van der Waals surface area contributed by atoms with Gasteiger partial charge in [-0.3, -0.25) is 0 Å². The first kappa shape index (κ1) is 17.8. The number of sulfonamides is 1. The first-order valence-electron chi connectivity index (χ1n) is 6.98. The van der Waals surface area contributed by atoms with Gasteiger partial charge in [0.2, 0.25) is 10.0 Å². The summed E-state index contributed by atoms with van der Waals surface area (Å²) in [6.45, 7) is 3.46. The van der Waals surface area contributed by atoms with E-state index in [1.165, 1.54) is 15.3 Å². The lowest BCUT2D eigenvalue weighted by atomic mass is 9.90. The van der Waals surface area contributed by atoms with Gasteiger partial charge in [0.25, 0.3) is 0 Å². The van der Waals surface area contributed by atoms with Crippen molar-refractivity contribution >= 4 is 22.4 Å². The second kappa shape index (κ2) is 6.52. The molecular formula is C13H19ClN6O2S. The molecule has 0 bridgehead atoms. The number of benzene rings is 1. The number of aromatic nitrogens is 4. The lowest BCUT2D eigenvalue weighted by Crippen LogP contribution is -2.34. The third-order valence-corrected chi connectivity index (χ3v) is 5.96. The van der Waals surface area contributed by atoms with E-state index in [2.05, 4.69) is 15.5 Å². The smallest absolute Gasteiger partial charge is 0.243 e. The number of hydrogen-bond donors (Lipinski definition) is 1. The maximum Gasteiger partial charge on any atom is 0.243 e. The van der Waals surface area contributed by atoms with Crippen molar-refractivity contribution in [3.63, 3.8) is 0 Å². The molecule has 2 heterocycles. The van der Waals surface area contributed by atoms with Gasteiger partial charge in [0, 0.05) is 13.1 Å². The Balaban J connectivity index is 0.00000192. The van der Waals surface area contributed by atoms with Crippen molar-refractivity contribution in [3.8, 4) is 5.69 Å². The minimum atomic E-state index is -3.49. The van der Waals surface area contributed by atoms with Crippen LogP contribution in [0.15, 0.2) is 35.5 Å². The van der Waals surface area contributed by atoms with E-state index in [1.807, 2.05) is 6.92 Å². The molecular weight excluding hydrogens is 340 g/mol. The van der Waals surface area contributed by atoms with Crippen LogP contribution in [0.2, 0.25) is 0 Å². The van der Waals surface area contributed by atoms with E-state index in [9.17, 15) is 8.42 Å². The molecule has 0 saturated carbocycles. The second-order valence-electron chi connectivity index (χ2n) is 5.85. The summed E-state index contributed by atoms with van der Waals surface area (Å²) < 4.78 is 28.3. The lowest BCUT2D eigenvalue weighted by molar-refractivity contribution is 0.349. The standard InChI is InChI=1S/C13H18N6O2S.ClH/c1-13(8-14)6-7-18(9-13)22(20,21)12-4-2-11(3-5-12)19-10-15-16-17-19;/h2-5,10H,6-9,14H2,1H3;1H. The monoisotopic (exact) mass is 358 g/mol. The molecule has 0 radical (unpaired) electrons. The van der Waals surface area contributed by atoms with Crippen LogP contribution in [0.4, 0.5) is 0 Å². The third kappa shape index (κ3) is 3.37. The molecule has 3 rings (SSSR count). The molecule has 1 aromatic heterocycles. The summed E-state index contributed by atoms with van der Waals surface area (Å²) in [7, 11) is -3.49. The Morgan fingerprint density at radius 1 is 1.30 bits per heavy atom. The van der Waals surface area contributed by atoms with E-state index < -0.39 is 10.0 Å². The van der Waals surface area contributed by atoms with E-state index in [4.69, 9.17) is 5.73 Å². The van der Waals surface area contributed by atoms with Gasteiger partial charge in [0.05, 0.1) is 10.6 Å². The predicted molar refractivity (Wildman–Crippen MR) is 86.9 cm³/mol. The van der Waals surface area contributed by atoms with Crippen molar-refractivity contribution < 1.29 is 8.42 Å². The molecule has 2 aromatic rings. The molecule has 8 nitrogen and oxygen atoms in total. The van der Waals surface area contributed by atoms with E-state index in [1.54, 1.807) is 24.3 Å². The fourth-order valence-electron chi connectivity index (χ4n) is 2.55. The Hall–Kier alpha value is -1.55. The Labute approximate surface area is 141 Å². The van der Waals surface area contributed by atoms with Crippen LogP contribution in [0.5, 0.6) is 0 Å². The van der Waals surface area contributed by atoms with Crippen LogP contribution in [-0.4, -0.2) is 52.6 Å². The Kier molecular flexibility index (Phi) is 5.04. The summed E-state index contributed by atoms with van der Waals surface area (Å²) in [5.41, 5.74) is 6.31. The van der Waals surface area contributed by atoms with E-state index in [0.717, 1.165) is 6.42 Å². The van der Waals surface area contributed by atoms with E-state index >= 15 is 0 Å². The van der Waals surface area contributed by atoms with Crippen LogP contribution in [-0.2, 0) is 10.0 Å². The van der Waals surface area contributed by atoms with Gasteiger partial charge >= 0.3 is 0 Å². The molecule has 1 aromatic carbocycles. The molecule has 0 amide bonds. The van der Waals surface area contributed by atoms with Crippen LogP contribution in [0.25, 0.3) is 5.69 Å². The van der Waals surface area contributed by atoms with Gasteiger partial charge in [0.1, 0.15) is 6.33 Å². The largest absolute Gasteiger partial charge is 0.330 e. The number of nitrogens with zero attached hydrogens (tertiary/aromatic N) is 5. The first-order valence-corrected chi connectivity index (χ1v) is 8.42. The molecule has 23 heavy (non-hydrogen) atoms. The number of tetrazole rings is 1. The fraction of sp³-hybridized carbons (Fsp3) is 0.462. The maximum atomic E-state index is 12.7. The highest BCUT2D eigenvalue weighted by Gasteiger charge is 2.38. The van der Waals surface area contributed by atoms with Crippen molar-refractivity contribution in [1.29, 1.82) is 0 Å². The summed E-state index contributed by atoms with van der Waals surface area (Å²) in [6, 6.07) is 6.51. The molecule has 126 valence electrons. The fourth-order valence-corrected chi connectivity index (χ4v) is 4.14. The SMILES string of the molecule is CC1(CN)CCN(S(=O)(=O)c2ccc(-n3cnnn3)cc2)C1.Cl. The van der Waals surface area contributed by atoms with Crippen molar-refractivity contribution in [2.75, 3.05) is 19.6 Å². The van der Waals surface area contributed by atoms with Crippen LogP contribution in [0.3, 0.4) is 0 Å². The maximum absolute atomic E-state index is 12.7. The van der Waals surface area contributed by atoms with Gasteiger partial charge in [0.15, 0.2) is 0 Å². The van der Waals surface area contributed by atoms with Gasteiger partial charge in [-0.25, -0.2) is 13.1 Å². The number of nitrogens with two attached hydrogens (primary N) is 1. The average Bonchev–Trinajstić information content (AvgIpc) is 3.18. The van der Waals surface area contributed by atoms with Gasteiger partial charge in [-0.05, 0) is 53.1 Å². The van der Waals surface area contributed by atoms with Gasteiger partial charge in [-0.15, -0.1) is 17.5 Å². The predicted octanol–water partition coefficient (Wildman–Crippen LogP) is 0.444. The van der Waals surface area contributed by atoms with Crippen molar-refractivity contribution in [1.82, 2.24) is 24.5 Å².